The van der Waals surface area contributed by atoms with E-state index in [0.717, 1.165) is 13.0 Å². The van der Waals surface area contributed by atoms with Gasteiger partial charge in [-0.15, -0.1) is 0 Å². The highest BCUT2D eigenvalue weighted by atomic mass is 16.5. The second-order valence-electron chi connectivity index (χ2n) is 3.84. The molecule has 0 aliphatic heterocycles. The van der Waals surface area contributed by atoms with Crippen molar-refractivity contribution in [2.24, 2.45) is 0 Å². The molecule has 4 heteroatoms. The van der Waals surface area contributed by atoms with Gasteiger partial charge in [0.1, 0.15) is 0 Å². The first-order chi connectivity index (χ1) is 6.52. The summed E-state index contributed by atoms with van der Waals surface area (Å²) in [6.45, 7) is 7.82. The van der Waals surface area contributed by atoms with Crippen LogP contribution in [0.2, 0.25) is 0 Å². The van der Waals surface area contributed by atoms with E-state index >= 15 is 0 Å². The van der Waals surface area contributed by atoms with Crippen LogP contribution in [0.5, 0.6) is 0 Å². The molecule has 0 unspecified atom stereocenters. The van der Waals surface area contributed by atoms with Crippen LogP contribution in [0.4, 0.5) is 0 Å². The second-order valence-corrected chi connectivity index (χ2v) is 3.84. The van der Waals surface area contributed by atoms with E-state index in [1.807, 2.05) is 20.8 Å². The molecule has 4 nitrogen and oxygen atoms in total. The predicted molar refractivity (Wildman–Crippen MR) is 57.3 cm³/mol. The molecule has 84 valence electrons. The van der Waals surface area contributed by atoms with Crippen molar-refractivity contribution in [3.63, 3.8) is 0 Å². The van der Waals surface area contributed by atoms with E-state index in [0.29, 0.717) is 13.1 Å². The molecule has 0 aliphatic carbocycles. The van der Waals surface area contributed by atoms with E-state index in [-0.39, 0.29) is 11.5 Å². The quantitative estimate of drug-likeness (QED) is 0.592. The molecule has 1 amide bonds. The van der Waals surface area contributed by atoms with E-state index in [4.69, 9.17) is 4.74 Å². The van der Waals surface area contributed by atoms with Crippen molar-refractivity contribution in [2.45, 2.75) is 32.8 Å². The lowest BCUT2D eigenvalue weighted by Crippen LogP contribution is -2.36. The first-order valence-electron chi connectivity index (χ1n) is 5.04. The Hall–Kier alpha value is -0.610. The zero-order chi connectivity index (χ0) is 11.0. The van der Waals surface area contributed by atoms with E-state index in [9.17, 15) is 4.79 Å². The van der Waals surface area contributed by atoms with Gasteiger partial charge in [-0.3, -0.25) is 4.79 Å². The number of methoxy groups -OCH3 is 1. The molecule has 0 atom stereocenters. The number of nitrogens with one attached hydrogen (secondary N) is 2. The van der Waals surface area contributed by atoms with Crippen LogP contribution in [-0.4, -0.2) is 38.3 Å². The highest BCUT2D eigenvalue weighted by Gasteiger charge is 2.15. The van der Waals surface area contributed by atoms with Crippen LogP contribution in [0.25, 0.3) is 0 Å². The molecule has 0 rings (SSSR count). The summed E-state index contributed by atoms with van der Waals surface area (Å²) in [6.07, 6.45) is 0.892. The van der Waals surface area contributed by atoms with Gasteiger partial charge in [0, 0.05) is 13.7 Å². The SMILES string of the molecule is CCNC(=O)CNCCC(C)(C)OC. The molecular formula is C10H22N2O2. The Kier molecular flexibility index (Phi) is 6.49. The monoisotopic (exact) mass is 202 g/mol. The molecule has 0 fully saturated rings. The van der Waals surface area contributed by atoms with E-state index in [2.05, 4.69) is 10.6 Å². The van der Waals surface area contributed by atoms with Gasteiger partial charge in [-0.25, -0.2) is 0 Å². The smallest absolute Gasteiger partial charge is 0.233 e. The Morgan fingerprint density at radius 2 is 2.07 bits per heavy atom. The third-order valence-corrected chi connectivity index (χ3v) is 2.12. The fourth-order valence-electron chi connectivity index (χ4n) is 0.953. The topological polar surface area (TPSA) is 50.4 Å². The van der Waals surface area contributed by atoms with Gasteiger partial charge in [-0.05, 0) is 33.7 Å². The Balaban J connectivity index is 3.42. The average Bonchev–Trinajstić information content (AvgIpc) is 2.13. The number of carbonyl (C=O) groups is 1. The van der Waals surface area contributed by atoms with Crippen LogP contribution in [0.15, 0.2) is 0 Å². The lowest BCUT2D eigenvalue weighted by atomic mass is 10.1. The molecular weight excluding hydrogens is 180 g/mol. The molecule has 0 saturated carbocycles. The molecule has 0 aliphatic rings. The number of likely N-dealkylation sites (N-methyl/N-ethyl adjacent to an activating group) is 1. The minimum Gasteiger partial charge on any atom is -0.379 e. The van der Waals surface area contributed by atoms with Crippen molar-refractivity contribution in [1.29, 1.82) is 0 Å². The zero-order valence-electron chi connectivity index (χ0n) is 9.64. The fourth-order valence-corrected chi connectivity index (χ4v) is 0.953. The van der Waals surface area contributed by atoms with Crippen molar-refractivity contribution in [3.8, 4) is 0 Å². The molecule has 14 heavy (non-hydrogen) atoms. The zero-order valence-corrected chi connectivity index (χ0v) is 9.64. The van der Waals surface area contributed by atoms with E-state index < -0.39 is 0 Å². The normalized spacial score (nSPS) is 11.4. The Morgan fingerprint density at radius 3 is 2.57 bits per heavy atom. The maximum Gasteiger partial charge on any atom is 0.233 e. The minimum atomic E-state index is -0.117. The van der Waals surface area contributed by atoms with Crippen molar-refractivity contribution in [2.75, 3.05) is 26.7 Å². The largest absolute Gasteiger partial charge is 0.379 e. The second kappa shape index (κ2) is 6.79. The summed E-state index contributed by atoms with van der Waals surface area (Å²) in [6, 6.07) is 0. The van der Waals surface area contributed by atoms with Gasteiger partial charge >= 0.3 is 0 Å². The third-order valence-electron chi connectivity index (χ3n) is 2.12. The van der Waals surface area contributed by atoms with Gasteiger partial charge in [0.25, 0.3) is 0 Å². The first kappa shape index (κ1) is 13.4. The molecule has 0 spiro atoms. The summed E-state index contributed by atoms with van der Waals surface area (Å²) >= 11 is 0. The Bertz CT molecular complexity index is 170. The van der Waals surface area contributed by atoms with Crippen molar-refractivity contribution in [1.82, 2.24) is 10.6 Å². The van der Waals surface area contributed by atoms with Crippen LogP contribution in [0, 0.1) is 0 Å². The third kappa shape index (κ3) is 6.86. The summed E-state index contributed by atoms with van der Waals surface area (Å²) in [5, 5.41) is 5.79. The number of ether oxygens (including phenoxy) is 1. The van der Waals surface area contributed by atoms with Crippen LogP contribution in [0.3, 0.4) is 0 Å². The highest BCUT2D eigenvalue weighted by molar-refractivity contribution is 5.77. The minimum absolute atomic E-state index is 0.0442. The maximum absolute atomic E-state index is 11.0. The average molecular weight is 202 g/mol. The van der Waals surface area contributed by atoms with Gasteiger partial charge < -0.3 is 15.4 Å². The molecule has 0 bridgehead atoms. The van der Waals surface area contributed by atoms with Crippen LogP contribution < -0.4 is 10.6 Å². The van der Waals surface area contributed by atoms with Crippen molar-refractivity contribution < 1.29 is 9.53 Å². The molecule has 2 N–H and O–H groups in total. The summed E-state index contributed by atoms with van der Waals surface area (Å²) in [4.78, 5) is 11.0. The van der Waals surface area contributed by atoms with Crippen molar-refractivity contribution >= 4 is 5.91 Å². The summed E-state index contributed by atoms with van der Waals surface area (Å²) < 4.78 is 5.25. The number of carbonyl (C=O) groups excluding carboxylic acids is 1. The van der Waals surface area contributed by atoms with E-state index in [1.54, 1.807) is 7.11 Å². The summed E-state index contributed by atoms with van der Waals surface area (Å²) in [5.41, 5.74) is -0.117. The predicted octanol–water partition coefficient (Wildman–Crippen LogP) is 0.527. The lowest BCUT2D eigenvalue weighted by Gasteiger charge is -2.22. The number of amides is 1. The lowest BCUT2D eigenvalue weighted by molar-refractivity contribution is -0.120. The van der Waals surface area contributed by atoms with Gasteiger partial charge in [-0.2, -0.15) is 0 Å². The number of rotatable bonds is 7. The molecule has 0 heterocycles. The molecule has 0 aromatic carbocycles. The van der Waals surface area contributed by atoms with Crippen LogP contribution in [0.1, 0.15) is 27.2 Å². The van der Waals surface area contributed by atoms with Gasteiger partial charge in [0.05, 0.1) is 12.1 Å². The standard InChI is InChI=1S/C10H22N2O2/c1-5-12-9(13)8-11-7-6-10(2,3)14-4/h11H,5-8H2,1-4H3,(H,12,13). The van der Waals surface area contributed by atoms with Gasteiger partial charge in [0.15, 0.2) is 0 Å². The summed E-state index contributed by atoms with van der Waals surface area (Å²) in [5.74, 6) is 0.0442. The Labute approximate surface area is 86.4 Å². The molecule has 0 aromatic heterocycles. The highest BCUT2D eigenvalue weighted by Crippen LogP contribution is 2.10. The first-order valence-corrected chi connectivity index (χ1v) is 5.04. The molecule has 0 saturated heterocycles. The van der Waals surface area contributed by atoms with Gasteiger partial charge in [0.2, 0.25) is 5.91 Å². The molecule has 0 radical (unpaired) electrons. The fraction of sp³-hybridized carbons (Fsp3) is 0.900. The number of hydrogen-bond acceptors (Lipinski definition) is 3. The van der Waals surface area contributed by atoms with Crippen molar-refractivity contribution in [3.05, 3.63) is 0 Å². The number of hydrogen-bond donors (Lipinski definition) is 2. The summed E-state index contributed by atoms with van der Waals surface area (Å²) in [7, 11) is 1.70. The van der Waals surface area contributed by atoms with E-state index in [1.165, 1.54) is 0 Å². The van der Waals surface area contributed by atoms with Gasteiger partial charge in [-0.1, -0.05) is 0 Å². The van der Waals surface area contributed by atoms with Crippen LogP contribution in [-0.2, 0) is 9.53 Å². The molecule has 0 aromatic rings. The Morgan fingerprint density at radius 1 is 1.43 bits per heavy atom. The maximum atomic E-state index is 11.0. The van der Waals surface area contributed by atoms with Crippen LogP contribution >= 0.6 is 0 Å².